The van der Waals surface area contributed by atoms with Crippen LogP contribution in [-0.2, 0) is 4.74 Å². The van der Waals surface area contributed by atoms with Crippen LogP contribution in [0.4, 0.5) is 4.39 Å². The van der Waals surface area contributed by atoms with Crippen molar-refractivity contribution in [3.63, 3.8) is 0 Å². The summed E-state index contributed by atoms with van der Waals surface area (Å²) in [5.74, 6) is 2.51. The summed E-state index contributed by atoms with van der Waals surface area (Å²) in [6.07, 6.45) is 4.80. The van der Waals surface area contributed by atoms with Crippen molar-refractivity contribution in [2.45, 2.75) is 12.1 Å². The van der Waals surface area contributed by atoms with Gasteiger partial charge in [0.15, 0.2) is 0 Å². The zero-order valence-corrected chi connectivity index (χ0v) is 8.61. The number of methoxy groups -OCH3 is 1. The van der Waals surface area contributed by atoms with Gasteiger partial charge in [-0.15, -0.1) is 6.42 Å². The molecule has 0 bridgehead atoms. The largest absolute Gasteiger partial charge is 0.375 e. The van der Waals surface area contributed by atoms with Crippen LogP contribution in [-0.4, -0.2) is 19.8 Å². The van der Waals surface area contributed by atoms with E-state index in [9.17, 15) is 4.39 Å². The fraction of sp³-hybridized carbons (Fsp3) is 0.333. The molecule has 0 amide bonds. The number of benzene rings is 1. The Hall–Kier alpha value is -1.37. The molecule has 0 saturated carbocycles. The molecule has 2 atom stereocenters. The first-order valence-electron chi connectivity index (χ1n) is 4.63. The maximum absolute atomic E-state index is 12.4. The Labute approximate surface area is 89.2 Å². The molecular weight excluding hydrogens is 193 g/mol. The van der Waals surface area contributed by atoms with Gasteiger partial charge in [0.25, 0.3) is 0 Å². The lowest BCUT2D eigenvalue weighted by Gasteiger charge is -2.20. The van der Waals surface area contributed by atoms with Crippen molar-refractivity contribution in [1.82, 2.24) is 0 Å². The van der Waals surface area contributed by atoms with Crippen LogP contribution in [0.3, 0.4) is 0 Å². The summed E-state index contributed by atoms with van der Waals surface area (Å²) in [7, 11) is 1.51. The van der Waals surface area contributed by atoms with Crippen molar-refractivity contribution in [3.8, 4) is 12.3 Å². The van der Waals surface area contributed by atoms with Gasteiger partial charge in [0.1, 0.15) is 6.67 Å². The molecular formula is C12H14FNO. The van der Waals surface area contributed by atoms with Crippen molar-refractivity contribution in [2.75, 3.05) is 13.8 Å². The summed E-state index contributed by atoms with van der Waals surface area (Å²) >= 11 is 0. The Bertz CT molecular complexity index is 342. The van der Waals surface area contributed by atoms with E-state index in [0.29, 0.717) is 0 Å². The number of rotatable bonds is 4. The average molecular weight is 207 g/mol. The number of hydrogen-bond donors (Lipinski definition) is 1. The van der Waals surface area contributed by atoms with E-state index in [-0.39, 0.29) is 0 Å². The zero-order valence-electron chi connectivity index (χ0n) is 8.61. The predicted molar refractivity (Wildman–Crippen MR) is 58.1 cm³/mol. The van der Waals surface area contributed by atoms with Crippen molar-refractivity contribution >= 4 is 0 Å². The third kappa shape index (κ3) is 2.79. The van der Waals surface area contributed by atoms with E-state index in [1.165, 1.54) is 7.11 Å². The third-order valence-electron chi connectivity index (χ3n) is 2.23. The van der Waals surface area contributed by atoms with Gasteiger partial charge in [-0.1, -0.05) is 18.1 Å². The summed E-state index contributed by atoms with van der Waals surface area (Å²) < 4.78 is 17.6. The highest BCUT2D eigenvalue weighted by atomic mass is 19.1. The molecule has 0 aromatic heterocycles. The molecule has 0 aliphatic heterocycles. The van der Waals surface area contributed by atoms with Crippen LogP contribution in [0.25, 0.3) is 0 Å². The van der Waals surface area contributed by atoms with Crippen LogP contribution >= 0.6 is 0 Å². The number of alkyl halides is 1. The first-order valence-corrected chi connectivity index (χ1v) is 4.63. The van der Waals surface area contributed by atoms with Gasteiger partial charge in [-0.25, -0.2) is 4.39 Å². The molecule has 1 aromatic rings. The number of halogens is 1. The average Bonchev–Trinajstić information content (AvgIpc) is 2.30. The lowest BCUT2D eigenvalue weighted by molar-refractivity contribution is 0.0721. The molecule has 1 rings (SSSR count). The first kappa shape index (κ1) is 11.7. The standard InChI is InChI=1S/C12H14FNO/c1-3-9-4-6-10(7-5-9)12(15-2)11(14)8-13/h1,4-7,11-12H,8,14H2,2H3. The van der Waals surface area contributed by atoms with Gasteiger partial charge in [0, 0.05) is 12.7 Å². The van der Waals surface area contributed by atoms with E-state index < -0.39 is 18.8 Å². The molecule has 0 aliphatic carbocycles. The molecule has 2 N–H and O–H groups in total. The van der Waals surface area contributed by atoms with E-state index in [1.54, 1.807) is 24.3 Å². The Balaban J connectivity index is 2.89. The normalized spacial score (nSPS) is 14.3. The SMILES string of the molecule is C#Cc1ccc(C(OC)C(N)CF)cc1. The van der Waals surface area contributed by atoms with Gasteiger partial charge in [-0.2, -0.15) is 0 Å². The number of ether oxygens (including phenoxy) is 1. The second kappa shape index (κ2) is 5.50. The van der Waals surface area contributed by atoms with Gasteiger partial charge in [0.2, 0.25) is 0 Å². The van der Waals surface area contributed by atoms with Crippen LogP contribution in [0.1, 0.15) is 17.2 Å². The number of terminal acetylenes is 1. The molecule has 2 unspecified atom stereocenters. The fourth-order valence-electron chi connectivity index (χ4n) is 1.41. The molecule has 0 heterocycles. The second-order valence-corrected chi connectivity index (χ2v) is 3.24. The van der Waals surface area contributed by atoms with Crippen LogP contribution < -0.4 is 5.73 Å². The summed E-state index contributed by atoms with van der Waals surface area (Å²) in [6.45, 7) is -0.616. The van der Waals surface area contributed by atoms with Crippen molar-refractivity contribution in [3.05, 3.63) is 35.4 Å². The Morgan fingerprint density at radius 1 is 1.47 bits per heavy atom. The highest BCUT2D eigenvalue weighted by molar-refractivity contribution is 5.35. The molecule has 0 radical (unpaired) electrons. The Morgan fingerprint density at radius 3 is 2.47 bits per heavy atom. The molecule has 0 saturated heterocycles. The van der Waals surface area contributed by atoms with Crippen LogP contribution in [0.2, 0.25) is 0 Å². The summed E-state index contributed by atoms with van der Waals surface area (Å²) in [4.78, 5) is 0. The summed E-state index contributed by atoms with van der Waals surface area (Å²) in [5, 5.41) is 0. The number of hydrogen-bond acceptors (Lipinski definition) is 2. The molecule has 15 heavy (non-hydrogen) atoms. The maximum Gasteiger partial charge on any atom is 0.107 e. The highest BCUT2D eigenvalue weighted by Crippen LogP contribution is 2.20. The third-order valence-corrected chi connectivity index (χ3v) is 2.23. The van der Waals surface area contributed by atoms with Gasteiger partial charge in [0.05, 0.1) is 12.1 Å². The minimum Gasteiger partial charge on any atom is -0.375 e. The Kier molecular flexibility index (Phi) is 4.29. The van der Waals surface area contributed by atoms with Crippen molar-refractivity contribution in [1.29, 1.82) is 0 Å². The Morgan fingerprint density at radius 2 is 2.07 bits per heavy atom. The second-order valence-electron chi connectivity index (χ2n) is 3.24. The maximum atomic E-state index is 12.4. The molecule has 2 nitrogen and oxygen atoms in total. The lowest BCUT2D eigenvalue weighted by atomic mass is 10.0. The van der Waals surface area contributed by atoms with Crippen molar-refractivity contribution in [2.24, 2.45) is 5.73 Å². The smallest absolute Gasteiger partial charge is 0.107 e. The quantitative estimate of drug-likeness (QED) is 0.762. The molecule has 0 spiro atoms. The van der Waals surface area contributed by atoms with Gasteiger partial charge in [-0.3, -0.25) is 0 Å². The monoisotopic (exact) mass is 207 g/mol. The fourth-order valence-corrected chi connectivity index (χ4v) is 1.41. The minimum absolute atomic E-state index is 0.429. The first-order chi connectivity index (χ1) is 7.22. The molecule has 3 heteroatoms. The van der Waals surface area contributed by atoms with Gasteiger partial charge >= 0.3 is 0 Å². The molecule has 80 valence electrons. The summed E-state index contributed by atoms with van der Waals surface area (Å²) in [6, 6.07) is 6.53. The molecule has 0 aliphatic rings. The van der Waals surface area contributed by atoms with Crippen LogP contribution in [0.15, 0.2) is 24.3 Å². The van der Waals surface area contributed by atoms with Gasteiger partial charge in [-0.05, 0) is 17.7 Å². The van der Waals surface area contributed by atoms with E-state index in [2.05, 4.69) is 5.92 Å². The van der Waals surface area contributed by atoms with E-state index >= 15 is 0 Å². The molecule has 1 aromatic carbocycles. The lowest BCUT2D eigenvalue weighted by Crippen LogP contribution is -2.31. The predicted octanol–water partition coefficient (Wildman–Crippen LogP) is 1.65. The van der Waals surface area contributed by atoms with Crippen LogP contribution in [0.5, 0.6) is 0 Å². The van der Waals surface area contributed by atoms with Crippen LogP contribution in [0, 0.1) is 12.3 Å². The number of nitrogens with two attached hydrogens (primary N) is 1. The topological polar surface area (TPSA) is 35.2 Å². The van der Waals surface area contributed by atoms with E-state index in [4.69, 9.17) is 16.9 Å². The molecule has 0 fully saturated rings. The van der Waals surface area contributed by atoms with Gasteiger partial charge < -0.3 is 10.5 Å². The highest BCUT2D eigenvalue weighted by Gasteiger charge is 2.18. The summed E-state index contributed by atoms with van der Waals surface area (Å²) in [5.41, 5.74) is 7.20. The van der Waals surface area contributed by atoms with E-state index in [1.807, 2.05) is 0 Å². The van der Waals surface area contributed by atoms with E-state index in [0.717, 1.165) is 11.1 Å². The zero-order chi connectivity index (χ0) is 11.3. The minimum atomic E-state index is -0.647. The van der Waals surface area contributed by atoms with Crippen molar-refractivity contribution < 1.29 is 9.13 Å².